The zero-order valence-corrected chi connectivity index (χ0v) is 48.3. The number of nitrogens with one attached hydrogen (secondary N) is 2. The first-order valence-corrected chi connectivity index (χ1v) is 29.0. The number of piperidine rings is 1. The van der Waals surface area contributed by atoms with E-state index in [4.69, 9.17) is 33.2 Å². The molecule has 7 atom stereocenters. The highest BCUT2D eigenvalue weighted by Gasteiger charge is 2.40. The molecule has 8 rings (SSSR count). The van der Waals surface area contributed by atoms with Crippen LogP contribution in [-0.2, 0) is 46.2 Å². The molecule has 3 aliphatic heterocycles. The minimum Gasteiger partial charge on any atom is -0.444 e. The van der Waals surface area contributed by atoms with Crippen molar-refractivity contribution in [2.75, 3.05) is 45.9 Å². The first-order chi connectivity index (χ1) is 38.9. The van der Waals surface area contributed by atoms with Crippen molar-refractivity contribution in [3.63, 3.8) is 0 Å². The van der Waals surface area contributed by atoms with Gasteiger partial charge < -0.3 is 38.1 Å². The third kappa shape index (κ3) is 18.7. The Labute approximate surface area is 474 Å². The Morgan fingerprint density at radius 3 is 1.54 bits per heavy atom. The Morgan fingerprint density at radius 2 is 1.09 bits per heavy atom. The zero-order valence-electron chi connectivity index (χ0n) is 48.3. The Kier molecular flexibility index (Phi) is 22.9. The van der Waals surface area contributed by atoms with Crippen LogP contribution in [0.2, 0.25) is 0 Å². The second kappa shape index (κ2) is 30.0. The number of likely N-dealkylation sites (tertiary alicyclic amines) is 1. The summed E-state index contributed by atoms with van der Waals surface area (Å²) in [6.45, 7) is 17.8. The SMILES string of the molecule is CC[C@H]1O[C@@H](n2cc(C)c(=O)[nH]c2=O)CC1OC(=O)OCCN(Cc1ccccc1)CC1CCCCC1.CC[C@H]1O[C@@H](n2cc(C)c(=O)[nH]c2=O)CC1OC(=O)OCCN(Cc1ccccc1)CC1CCCCN1C(=O)OC(C)(C)C. The van der Waals surface area contributed by atoms with E-state index in [1.54, 1.807) is 13.8 Å². The first-order valence-electron chi connectivity index (χ1n) is 29.0. The average Bonchev–Trinajstić information content (AvgIpc) is 4.30. The van der Waals surface area contributed by atoms with Crippen molar-refractivity contribution in [3.8, 4) is 0 Å². The van der Waals surface area contributed by atoms with E-state index in [9.17, 15) is 33.6 Å². The summed E-state index contributed by atoms with van der Waals surface area (Å²) in [6, 6.07) is 20.4. The number of amides is 1. The zero-order chi connectivity index (χ0) is 58.1. The highest BCUT2D eigenvalue weighted by molar-refractivity contribution is 5.68. The lowest BCUT2D eigenvalue weighted by atomic mass is 9.89. The van der Waals surface area contributed by atoms with Crippen LogP contribution in [0, 0.1) is 19.8 Å². The summed E-state index contributed by atoms with van der Waals surface area (Å²) in [4.78, 5) is 97.4. The van der Waals surface area contributed by atoms with Crippen molar-refractivity contribution in [1.82, 2.24) is 33.8 Å². The van der Waals surface area contributed by atoms with Gasteiger partial charge in [-0.3, -0.25) is 38.5 Å². The van der Waals surface area contributed by atoms with Gasteiger partial charge in [0, 0.05) is 88.2 Å². The third-order valence-electron chi connectivity index (χ3n) is 15.3. The van der Waals surface area contributed by atoms with Crippen LogP contribution in [0.5, 0.6) is 0 Å². The summed E-state index contributed by atoms with van der Waals surface area (Å²) < 4.78 is 42.6. The molecule has 1 amide bonds. The number of carbonyl (C=O) groups is 3. The van der Waals surface area contributed by atoms with Crippen LogP contribution in [0.1, 0.15) is 146 Å². The minimum atomic E-state index is -0.810. The number of ether oxygens (including phenoxy) is 7. The Morgan fingerprint density at radius 1 is 0.630 bits per heavy atom. The molecule has 5 heterocycles. The summed E-state index contributed by atoms with van der Waals surface area (Å²) in [5.41, 5.74) is 0.576. The van der Waals surface area contributed by atoms with Crippen molar-refractivity contribution in [1.29, 1.82) is 0 Å². The Balaban J connectivity index is 0.000000237. The summed E-state index contributed by atoms with van der Waals surface area (Å²) in [5.74, 6) is 0.683. The summed E-state index contributed by atoms with van der Waals surface area (Å²) >= 11 is 0. The number of aromatic nitrogens is 4. The number of hydrogen-bond donors (Lipinski definition) is 2. The molecule has 2 N–H and O–H groups in total. The number of hydrogen-bond acceptors (Lipinski definition) is 16. The van der Waals surface area contributed by atoms with E-state index in [1.165, 1.54) is 59.2 Å². The van der Waals surface area contributed by atoms with Crippen LogP contribution in [0.3, 0.4) is 0 Å². The quantitative estimate of drug-likeness (QED) is 0.0623. The van der Waals surface area contributed by atoms with Gasteiger partial charge in [0.15, 0.2) is 0 Å². The van der Waals surface area contributed by atoms with Crippen LogP contribution in [-0.4, -0.2) is 134 Å². The lowest BCUT2D eigenvalue weighted by molar-refractivity contribution is -0.0386. The number of aryl methyl sites for hydroxylation is 2. The molecule has 3 unspecified atom stereocenters. The highest BCUT2D eigenvalue weighted by Crippen LogP contribution is 2.33. The smallest absolute Gasteiger partial charge is 0.444 e. The van der Waals surface area contributed by atoms with Crippen LogP contribution in [0.25, 0.3) is 0 Å². The lowest BCUT2D eigenvalue weighted by Crippen LogP contribution is -2.51. The van der Waals surface area contributed by atoms with E-state index >= 15 is 0 Å². The van der Waals surface area contributed by atoms with Crippen LogP contribution >= 0.6 is 0 Å². The fraction of sp³-hybridized carbons (Fsp3) is 0.617. The molecule has 21 heteroatoms. The van der Waals surface area contributed by atoms with Gasteiger partial charge in [-0.25, -0.2) is 24.0 Å². The van der Waals surface area contributed by atoms with E-state index in [0.29, 0.717) is 69.0 Å². The maximum absolute atomic E-state index is 13.0. The molecule has 4 fully saturated rings. The van der Waals surface area contributed by atoms with Gasteiger partial charge >= 0.3 is 29.8 Å². The molecular weight excluding hydrogens is 1040 g/mol. The van der Waals surface area contributed by atoms with E-state index in [0.717, 1.165) is 37.9 Å². The van der Waals surface area contributed by atoms with Crippen molar-refractivity contribution < 1.29 is 47.5 Å². The van der Waals surface area contributed by atoms with Crippen LogP contribution in [0.15, 0.2) is 92.2 Å². The molecule has 4 aromatic rings. The molecule has 0 bridgehead atoms. The van der Waals surface area contributed by atoms with Gasteiger partial charge in [-0.1, -0.05) is 93.8 Å². The molecule has 21 nitrogen and oxygen atoms in total. The van der Waals surface area contributed by atoms with E-state index in [-0.39, 0.29) is 37.9 Å². The van der Waals surface area contributed by atoms with Crippen LogP contribution < -0.4 is 22.5 Å². The number of benzene rings is 2. The van der Waals surface area contributed by atoms with Gasteiger partial charge in [0.2, 0.25) is 0 Å². The monoisotopic (exact) mass is 1130 g/mol. The van der Waals surface area contributed by atoms with Crippen molar-refractivity contribution in [3.05, 3.63) is 137 Å². The molecule has 0 spiro atoms. The largest absolute Gasteiger partial charge is 0.508 e. The molecule has 2 aromatic heterocycles. The summed E-state index contributed by atoms with van der Waals surface area (Å²) in [5, 5.41) is 0. The van der Waals surface area contributed by atoms with Gasteiger partial charge in [-0.15, -0.1) is 0 Å². The maximum atomic E-state index is 13.0. The second-order valence-corrected chi connectivity index (χ2v) is 22.8. The number of nitrogens with zero attached hydrogens (tertiary/aromatic N) is 5. The topological polar surface area (TPSA) is 235 Å². The van der Waals surface area contributed by atoms with E-state index in [2.05, 4.69) is 31.9 Å². The molecule has 1 aliphatic carbocycles. The predicted molar refractivity (Wildman–Crippen MR) is 303 cm³/mol. The highest BCUT2D eigenvalue weighted by atomic mass is 16.7. The molecule has 4 aliphatic rings. The molecule has 2 aromatic carbocycles. The maximum Gasteiger partial charge on any atom is 0.508 e. The Hall–Kier alpha value is -6.55. The van der Waals surface area contributed by atoms with E-state index in [1.807, 2.05) is 88.0 Å². The predicted octanol–water partition coefficient (Wildman–Crippen LogP) is 8.50. The molecule has 1 saturated carbocycles. The normalized spacial score (nSPS) is 22.2. The van der Waals surface area contributed by atoms with Crippen molar-refractivity contribution in [2.24, 2.45) is 5.92 Å². The van der Waals surface area contributed by atoms with Gasteiger partial charge in [-0.2, -0.15) is 0 Å². The van der Waals surface area contributed by atoms with Gasteiger partial charge in [0.05, 0.1) is 12.2 Å². The molecule has 81 heavy (non-hydrogen) atoms. The molecule has 444 valence electrons. The fourth-order valence-electron chi connectivity index (χ4n) is 11.1. The van der Waals surface area contributed by atoms with Gasteiger partial charge in [-0.05, 0) is 96.6 Å². The standard InChI is InChI=1S/C32H46N4O8.C28H39N3O6/c1-6-25-26(18-27(42-25)36-19-22(2)28(37)33-29(36)38)43-31(40)41-17-16-34(20-23-12-8-7-9-13-23)21-24-14-10-11-15-35(24)30(39)44-32(3,4)5;1-3-23-24(16-25(36-23)31-17-20(2)26(32)29-27(31)33)37-28(34)35-15-14-30(18-21-10-6-4-7-11-21)19-22-12-8-5-9-13-22/h7-9,12-13,19,24-27H,6,10-11,14-18,20-21H2,1-5H3,(H,33,37,38);4,6-7,10-11,17,22-25H,3,5,8-9,12-16,18-19H2,1-2H3,(H,29,32,33)/t24?,25-,26?,27-;23-,24?,25-/m11/s1. The average molecular weight is 1130 g/mol. The Bertz CT molecular complexity index is 2880. The molecule has 3 saturated heterocycles. The number of carbonyl (C=O) groups excluding carboxylic acids is 3. The van der Waals surface area contributed by atoms with Crippen LogP contribution in [0.4, 0.5) is 14.4 Å². The summed E-state index contributed by atoms with van der Waals surface area (Å²) in [7, 11) is 0. The van der Waals surface area contributed by atoms with Gasteiger partial charge in [0.25, 0.3) is 11.1 Å². The fourth-order valence-corrected chi connectivity index (χ4v) is 11.1. The minimum absolute atomic E-state index is 0.0212. The van der Waals surface area contributed by atoms with Crippen molar-refractivity contribution >= 4 is 18.4 Å². The molecule has 0 radical (unpaired) electrons. The summed E-state index contributed by atoms with van der Waals surface area (Å²) in [6.07, 6.45) is 8.84. The van der Waals surface area contributed by atoms with E-state index < -0.39 is 71.2 Å². The molecular formula is C60H85N7O14. The first kappa shape index (κ1) is 62.1. The third-order valence-corrected chi connectivity index (χ3v) is 15.3. The number of H-pyrrole nitrogens is 2. The number of rotatable bonds is 20. The number of aromatic amines is 2. The van der Waals surface area contributed by atoms with Crippen molar-refractivity contribution in [2.45, 2.75) is 187 Å². The van der Waals surface area contributed by atoms with Gasteiger partial charge in [0.1, 0.15) is 43.5 Å². The lowest BCUT2D eigenvalue weighted by Gasteiger charge is -2.39. The second-order valence-electron chi connectivity index (χ2n) is 22.8.